The van der Waals surface area contributed by atoms with Crippen LogP contribution in [0, 0.1) is 11.7 Å². The smallest absolute Gasteiger partial charge is 0.239 e. The number of imidazole rings is 1. The van der Waals surface area contributed by atoms with E-state index in [-0.39, 0.29) is 23.8 Å². The van der Waals surface area contributed by atoms with E-state index in [1.807, 2.05) is 18.0 Å². The number of nitrogens with zero attached hydrogens (tertiary/aromatic N) is 5. The molecular weight excluding hydrogens is 477 g/mol. The van der Waals surface area contributed by atoms with Crippen LogP contribution in [0.5, 0.6) is 0 Å². The van der Waals surface area contributed by atoms with Crippen molar-refractivity contribution in [2.75, 3.05) is 50.0 Å². The Morgan fingerprint density at radius 2 is 2.14 bits per heavy atom. The van der Waals surface area contributed by atoms with Crippen LogP contribution in [0.1, 0.15) is 47.0 Å². The van der Waals surface area contributed by atoms with Crippen LogP contribution < -0.4 is 15.5 Å². The van der Waals surface area contributed by atoms with E-state index < -0.39 is 0 Å². The van der Waals surface area contributed by atoms with Gasteiger partial charge in [-0.2, -0.15) is 4.52 Å². The van der Waals surface area contributed by atoms with Gasteiger partial charge < -0.3 is 20.4 Å². The summed E-state index contributed by atoms with van der Waals surface area (Å²) in [5.41, 5.74) is 1.09. The fourth-order valence-electron chi connectivity index (χ4n) is 4.56. The summed E-state index contributed by atoms with van der Waals surface area (Å²) in [5, 5.41) is 11.9. The molecule has 1 saturated heterocycles. The molecule has 3 heterocycles. The number of hydrogen-bond donors (Lipinski definition) is 2. The lowest BCUT2D eigenvalue weighted by Gasteiger charge is -2.30. The summed E-state index contributed by atoms with van der Waals surface area (Å²) in [4.78, 5) is 22.3. The minimum atomic E-state index is -0.310. The van der Waals surface area contributed by atoms with Crippen molar-refractivity contribution in [2.45, 2.75) is 52.5 Å². The number of rotatable bonds is 9. The Morgan fingerprint density at radius 1 is 1.33 bits per heavy atom. The van der Waals surface area contributed by atoms with Gasteiger partial charge in [0.05, 0.1) is 6.54 Å². The second-order valence-corrected chi connectivity index (χ2v) is 11.8. The molecule has 0 bridgehead atoms. The summed E-state index contributed by atoms with van der Waals surface area (Å²) in [6.07, 6.45) is 3.55. The number of halogens is 1. The highest BCUT2D eigenvalue weighted by atomic mass is 32.1. The summed E-state index contributed by atoms with van der Waals surface area (Å²) in [7, 11) is 1.86. The van der Waals surface area contributed by atoms with Gasteiger partial charge in [-0.25, -0.2) is 9.37 Å². The third-order valence-corrected chi connectivity index (χ3v) is 7.23. The number of likely N-dealkylation sites (tertiary alicyclic amines) is 1. The fraction of sp³-hybridized carbons (Fsp3) is 0.577. The first kappa shape index (κ1) is 26.3. The van der Waals surface area contributed by atoms with Crippen LogP contribution in [0.4, 0.5) is 15.3 Å². The zero-order valence-corrected chi connectivity index (χ0v) is 22.8. The normalized spacial score (nSPS) is 16.9. The lowest BCUT2D eigenvalue weighted by Crippen LogP contribution is -2.38. The first-order valence-corrected chi connectivity index (χ1v) is 13.5. The van der Waals surface area contributed by atoms with E-state index in [1.54, 1.807) is 10.6 Å². The molecule has 1 amide bonds. The topological polar surface area (TPSA) is 77.8 Å². The Balaban J connectivity index is 1.40. The number of hydrogen-bond acceptors (Lipinski definition) is 7. The molecule has 1 unspecified atom stereocenters. The predicted octanol–water partition coefficient (Wildman–Crippen LogP) is 4.48. The number of piperidine rings is 1. The molecule has 196 valence electrons. The lowest BCUT2D eigenvalue weighted by atomic mass is 10.0. The zero-order chi connectivity index (χ0) is 25.9. The largest absolute Gasteiger partial charge is 0.364 e. The molecule has 2 N–H and O–H groups in total. The first-order chi connectivity index (χ1) is 17.1. The van der Waals surface area contributed by atoms with Crippen molar-refractivity contribution in [3.05, 3.63) is 30.1 Å². The van der Waals surface area contributed by atoms with E-state index in [9.17, 15) is 9.18 Å². The van der Waals surface area contributed by atoms with Gasteiger partial charge >= 0.3 is 0 Å². The van der Waals surface area contributed by atoms with Crippen molar-refractivity contribution in [3.63, 3.8) is 0 Å². The minimum absolute atomic E-state index is 0.0224. The van der Waals surface area contributed by atoms with Crippen molar-refractivity contribution < 1.29 is 9.18 Å². The van der Waals surface area contributed by atoms with Crippen LogP contribution in [0.25, 0.3) is 16.2 Å². The van der Waals surface area contributed by atoms with Crippen molar-refractivity contribution in [1.82, 2.24) is 24.8 Å². The van der Waals surface area contributed by atoms with E-state index in [0.717, 1.165) is 25.4 Å². The van der Waals surface area contributed by atoms with Crippen molar-refractivity contribution in [3.8, 4) is 11.3 Å². The summed E-state index contributed by atoms with van der Waals surface area (Å²) >= 11 is 1.40. The second-order valence-electron chi connectivity index (χ2n) is 10.9. The highest BCUT2D eigenvalue weighted by Crippen LogP contribution is 2.34. The third-order valence-electron chi connectivity index (χ3n) is 6.21. The molecule has 0 aliphatic carbocycles. The van der Waals surface area contributed by atoms with Crippen LogP contribution in [0.15, 0.2) is 24.3 Å². The molecule has 36 heavy (non-hydrogen) atoms. The van der Waals surface area contributed by atoms with Crippen molar-refractivity contribution >= 4 is 33.2 Å². The van der Waals surface area contributed by atoms with Crippen LogP contribution >= 0.6 is 11.3 Å². The van der Waals surface area contributed by atoms with E-state index in [4.69, 9.17) is 10.1 Å². The molecule has 2 aromatic heterocycles. The molecular formula is C26H38FN7OS. The average molecular weight is 516 g/mol. The van der Waals surface area contributed by atoms with E-state index in [2.05, 4.69) is 43.2 Å². The monoisotopic (exact) mass is 515 g/mol. The average Bonchev–Trinajstić information content (AvgIpc) is 3.35. The molecule has 1 aliphatic heterocycles. The van der Waals surface area contributed by atoms with E-state index in [0.29, 0.717) is 33.7 Å². The van der Waals surface area contributed by atoms with E-state index >= 15 is 0 Å². The Kier molecular flexibility index (Phi) is 8.14. The van der Waals surface area contributed by atoms with Crippen LogP contribution in [0.3, 0.4) is 0 Å². The molecule has 0 saturated carbocycles. The van der Waals surface area contributed by atoms with Gasteiger partial charge in [0.25, 0.3) is 0 Å². The summed E-state index contributed by atoms with van der Waals surface area (Å²) in [5.74, 6) is 1.14. The molecule has 1 aromatic carbocycles. The molecule has 1 atom stereocenters. The van der Waals surface area contributed by atoms with Gasteiger partial charge in [-0.15, -0.1) is 5.10 Å². The zero-order valence-electron chi connectivity index (χ0n) is 22.0. The molecule has 4 rings (SSSR count). The quantitative estimate of drug-likeness (QED) is 0.409. The van der Waals surface area contributed by atoms with Gasteiger partial charge in [0.2, 0.25) is 16.0 Å². The van der Waals surface area contributed by atoms with Gasteiger partial charge in [0.1, 0.15) is 11.5 Å². The Bertz CT molecular complexity index is 1180. The maximum absolute atomic E-state index is 13.9. The molecule has 0 radical (unpaired) electrons. The number of nitrogens with one attached hydrogen (secondary N) is 2. The Hall–Kier alpha value is -2.72. The Labute approximate surface area is 216 Å². The van der Waals surface area contributed by atoms with Crippen LogP contribution in [-0.4, -0.2) is 70.7 Å². The van der Waals surface area contributed by atoms with Crippen LogP contribution in [-0.2, 0) is 4.79 Å². The number of carbonyl (C=O) groups is 1. The number of benzene rings is 1. The summed E-state index contributed by atoms with van der Waals surface area (Å²) in [6, 6.07) is 6.41. The maximum atomic E-state index is 13.9. The third kappa shape index (κ3) is 6.73. The molecule has 10 heteroatoms. The molecule has 0 spiro atoms. The summed E-state index contributed by atoms with van der Waals surface area (Å²) in [6.45, 7) is 12.7. The Morgan fingerprint density at radius 3 is 2.86 bits per heavy atom. The highest BCUT2D eigenvalue weighted by molar-refractivity contribution is 7.20. The standard InChI is InChI=1S/C26H38FN7OS/c1-18-9-7-13-33(16-18)14-8-12-28-21(35)17-32(5)25-31-34-23(30-26(2,3)4)22(29-24(34)36-25)19-10-6-11-20(27)15-19/h6,10-11,15,18,30H,7-9,12-14,16-17H2,1-5H3,(H,28,35). The number of aromatic nitrogens is 3. The predicted molar refractivity (Wildman–Crippen MR) is 145 cm³/mol. The number of fused-ring (bicyclic) bond motifs is 1. The number of carbonyl (C=O) groups excluding carboxylic acids is 1. The van der Waals surface area contributed by atoms with Gasteiger partial charge in [0, 0.05) is 31.2 Å². The number of amides is 1. The van der Waals surface area contributed by atoms with Gasteiger partial charge in [-0.1, -0.05) is 30.4 Å². The summed E-state index contributed by atoms with van der Waals surface area (Å²) < 4.78 is 15.7. The van der Waals surface area contributed by atoms with Crippen molar-refractivity contribution in [1.29, 1.82) is 0 Å². The molecule has 8 nitrogen and oxygen atoms in total. The molecule has 1 aliphatic rings. The number of anilines is 2. The van der Waals surface area contributed by atoms with Gasteiger partial charge in [0.15, 0.2) is 5.82 Å². The fourth-order valence-corrected chi connectivity index (χ4v) is 5.42. The van der Waals surface area contributed by atoms with Crippen molar-refractivity contribution in [2.24, 2.45) is 5.92 Å². The minimum Gasteiger partial charge on any atom is -0.364 e. The maximum Gasteiger partial charge on any atom is 0.239 e. The number of likely N-dealkylation sites (N-methyl/N-ethyl adjacent to an activating group) is 1. The van der Waals surface area contributed by atoms with Gasteiger partial charge in [-0.05, 0) is 71.2 Å². The first-order valence-electron chi connectivity index (χ1n) is 12.7. The second kappa shape index (κ2) is 11.1. The lowest BCUT2D eigenvalue weighted by molar-refractivity contribution is -0.119. The highest BCUT2D eigenvalue weighted by Gasteiger charge is 2.23. The van der Waals surface area contributed by atoms with Gasteiger partial charge in [-0.3, -0.25) is 4.79 Å². The SMILES string of the molecule is CC1CCCN(CCCNC(=O)CN(C)c2nn3c(NC(C)(C)C)c(-c4cccc(F)c4)nc3s2)C1. The molecule has 3 aromatic rings. The van der Waals surface area contributed by atoms with Crippen LogP contribution in [0.2, 0.25) is 0 Å². The molecule has 1 fully saturated rings. The van der Waals surface area contributed by atoms with E-state index in [1.165, 1.54) is 42.9 Å².